The lowest BCUT2D eigenvalue weighted by Gasteiger charge is -2.28. The van der Waals surface area contributed by atoms with Crippen LogP contribution in [0.4, 0.5) is 5.69 Å². The zero-order valence-electron chi connectivity index (χ0n) is 14.7. The number of nitrogen functional groups attached to an aromatic ring is 1. The van der Waals surface area contributed by atoms with Gasteiger partial charge in [0.15, 0.2) is 11.5 Å². The Morgan fingerprint density at radius 2 is 2.19 bits per heavy atom. The summed E-state index contributed by atoms with van der Waals surface area (Å²) in [6, 6.07) is 11.6. The van der Waals surface area contributed by atoms with Crippen molar-refractivity contribution in [1.82, 2.24) is 5.32 Å². The first-order chi connectivity index (χ1) is 12.7. The van der Waals surface area contributed by atoms with Gasteiger partial charge in [0.1, 0.15) is 6.61 Å². The molecular formula is C21H22N2O3. The fourth-order valence-electron chi connectivity index (χ4n) is 3.71. The molecule has 0 bridgehead atoms. The van der Waals surface area contributed by atoms with E-state index in [1.54, 1.807) is 7.11 Å². The van der Waals surface area contributed by atoms with Crippen molar-refractivity contribution < 1.29 is 14.3 Å². The van der Waals surface area contributed by atoms with Crippen LogP contribution in [0.1, 0.15) is 35.6 Å². The summed E-state index contributed by atoms with van der Waals surface area (Å²) in [4.78, 5) is 12.8. The molecule has 26 heavy (non-hydrogen) atoms. The minimum Gasteiger partial charge on any atom is -0.493 e. The monoisotopic (exact) mass is 350 g/mol. The molecule has 1 atom stereocenters. The van der Waals surface area contributed by atoms with Crippen LogP contribution < -0.4 is 20.5 Å². The minimum atomic E-state index is -0.0897. The fourth-order valence-corrected chi connectivity index (χ4v) is 3.71. The number of carbonyl (C=O) groups excluding carboxylic acids is 1. The lowest BCUT2D eigenvalue weighted by atomic mass is 9.87. The van der Waals surface area contributed by atoms with Crippen LogP contribution in [0.15, 0.2) is 42.0 Å². The summed E-state index contributed by atoms with van der Waals surface area (Å²) in [5, 5.41) is 3.16. The van der Waals surface area contributed by atoms with E-state index in [0.29, 0.717) is 17.1 Å². The van der Waals surface area contributed by atoms with E-state index in [1.165, 1.54) is 5.56 Å². The molecule has 3 N–H and O–H groups in total. The van der Waals surface area contributed by atoms with Gasteiger partial charge in [-0.05, 0) is 54.7 Å². The normalized spacial score (nSPS) is 18.0. The third-order valence-corrected chi connectivity index (χ3v) is 5.01. The molecule has 1 aliphatic heterocycles. The summed E-state index contributed by atoms with van der Waals surface area (Å²) in [5.74, 6) is 1.27. The number of benzene rings is 2. The van der Waals surface area contributed by atoms with Crippen molar-refractivity contribution >= 4 is 17.7 Å². The molecule has 1 amide bonds. The lowest BCUT2D eigenvalue weighted by Crippen LogP contribution is -2.34. The molecule has 2 aromatic carbocycles. The van der Waals surface area contributed by atoms with Gasteiger partial charge in [-0.3, -0.25) is 4.79 Å². The van der Waals surface area contributed by atoms with Crippen molar-refractivity contribution in [3.63, 3.8) is 0 Å². The number of hydrogen-bond donors (Lipinski definition) is 2. The summed E-state index contributed by atoms with van der Waals surface area (Å²) in [5.41, 5.74) is 10.5. The van der Waals surface area contributed by atoms with Crippen molar-refractivity contribution in [2.45, 2.75) is 25.3 Å². The SMILES string of the molecule is COc1cccc2c1OCC(C(=O)NC1CCCc3cc(N)ccc31)=C2. The number of nitrogens with one attached hydrogen (secondary N) is 1. The van der Waals surface area contributed by atoms with Crippen molar-refractivity contribution in [2.24, 2.45) is 0 Å². The second-order valence-electron chi connectivity index (χ2n) is 6.71. The number of ether oxygens (including phenoxy) is 2. The number of hydrogen-bond acceptors (Lipinski definition) is 4. The molecule has 2 aromatic rings. The average molecular weight is 350 g/mol. The summed E-state index contributed by atoms with van der Waals surface area (Å²) >= 11 is 0. The molecule has 1 aliphatic carbocycles. The van der Waals surface area contributed by atoms with Gasteiger partial charge in [0, 0.05) is 11.3 Å². The molecule has 0 saturated carbocycles. The Morgan fingerprint density at radius 3 is 3.04 bits per heavy atom. The maximum Gasteiger partial charge on any atom is 0.251 e. The minimum absolute atomic E-state index is 0.0134. The number of para-hydroxylation sites is 1. The van der Waals surface area contributed by atoms with Gasteiger partial charge in [-0.25, -0.2) is 0 Å². The maximum absolute atomic E-state index is 12.8. The van der Waals surface area contributed by atoms with Crippen LogP contribution in [-0.4, -0.2) is 19.6 Å². The highest BCUT2D eigenvalue weighted by molar-refractivity contribution is 5.99. The number of carbonyl (C=O) groups is 1. The highest BCUT2D eigenvalue weighted by Gasteiger charge is 2.25. The molecule has 0 spiro atoms. The van der Waals surface area contributed by atoms with Crippen molar-refractivity contribution in [2.75, 3.05) is 19.5 Å². The summed E-state index contributed by atoms with van der Waals surface area (Å²) in [6.45, 7) is 0.237. The van der Waals surface area contributed by atoms with Gasteiger partial charge in [-0.15, -0.1) is 0 Å². The highest BCUT2D eigenvalue weighted by Crippen LogP contribution is 2.36. The number of methoxy groups -OCH3 is 1. The first-order valence-corrected chi connectivity index (χ1v) is 8.85. The van der Waals surface area contributed by atoms with Crippen LogP contribution in [0.3, 0.4) is 0 Å². The first kappa shape index (κ1) is 16.5. The topological polar surface area (TPSA) is 73.6 Å². The number of anilines is 1. The van der Waals surface area contributed by atoms with E-state index in [2.05, 4.69) is 5.32 Å². The van der Waals surface area contributed by atoms with Gasteiger partial charge < -0.3 is 20.5 Å². The molecular weight excluding hydrogens is 328 g/mol. The van der Waals surface area contributed by atoms with Gasteiger partial charge in [0.05, 0.1) is 18.7 Å². The lowest BCUT2D eigenvalue weighted by molar-refractivity contribution is -0.118. The van der Waals surface area contributed by atoms with Crippen LogP contribution in [-0.2, 0) is 11.2 Å². The second kappa shape index (κ2) is 6.75. The van der Waals surface area contributed by atoms with E-state index < -0.39 is 0 Å². The maximum atomic E-state index is 12.8. The number of fused-ring (bicyclic) bond motifs is 2. The summed E-state index contributed by atoms with van der Waals surface area (Å²) < 4.78 is 11.1. The number of rotatable bonds is 3. The van der Waals surface area contributed by atoms with E-state index >= 15 is 0 Å². The quantitative estimate of drug-likeness (QED) is 0.834. The average Bonchev–Trinajstić information content (AvgIpc) is 2.66. The van der Waals surface area contributed by atoms with Crippen LogP contribution in [0.2, 0.25) is 0 Å². The van der Waals surface area contributed by atoms with Crippen molar-refractivity contribution in [1.29, 1.82) is 0 Å². The molecule has 0 fully saturated rings. The molecule has 1 heterocycles. The van der Waals surface area contributed by atoms with Crippen molar-refractivity contribution in [3.05, 3.63) is 58.7 Å². The van der Waals surface area contributed by atoms with E-state index in [0.717, 1.165) is 36.1 Å². The van der Waals surface area contributed by atoms with E-state index in [-0.39, 0.29) is 18.6 Å². The second-order valence-corrected chi connectivity index (χ2v) is 6.71. The molecule has 0 aromatic heterocycles. The Labute approximate surface area is 152 Å². The first-order valence-electron chi connectivity index (χ1n) is 8.85. The van der Waals surface area contributed by atoms with Gasteiger partial charge in [-0.1, -0.05) is 18.2 Å². The fraction of sp³-hybridized carbons (Fsp3) is 0.286. The Bertz CT molecular complexity index is 889. The van der Waals surface area contributed by atoms with E-state index in [1.807, 2.05) is 42.5 Å². The molecule has 134 valence electrons. The van der Waals surface area contributed by atoms with Crippen molar-refractivity contribution in [3.8, 4) is 11.5 Å². The molecule has 0 radical (unpaired) electrons. The summed E-state index contributed by atoms with van der Waals surface area (Å²) in [7, 11) is 1.61. The van der Waals surface area contributed by atoms with Crippen LogP contribution in [0, 0.1) is 0 Å². The molecule has 4 rings (SSSR count). The third kappa shape index (κ3) is 3.01. The zero-order valence-corrected chi connectivity index (χ0v) is 14.7. The summed E-state index contributed by atoms with van der Waals surface area (Å²) in [6.07, 6.45) is 4.85. The van der Waals surface area contributed by atoms with Gasteiger partial charge >= 0.3 is 0 Å². The smallest absolute Gasteiger partial charge is 0.251 e. The van der Waals surface area contributed by atoms with Crippen LogP contribution in [0.25, 0.3) is 6.08 Å². The number of amides is 1. The highest BCUT2D eigenvalue weighted by atomic mass is 16.5. The molecule has 2 aliphatic rings. The Balaban J connectivity index is 1.56. The Morgan fingerprint density at radius 1 is 1.31 bits per heavy atom. The van der Waals surface area contributed by atoms with Gasteiger partial charge in [0.2, 0.25) is 0 Å². The van der Waals surface area contributed by atoms with E-state index in [9.17, 15) is 4.79 Å². The largest absolute Gasteiger partial charge is 0.493 e. The molecule has 1 unspecified atom stereocenters. The number of aryl methyl sites for hydroxylation is 1. The molecule has 0 saturated heterocycles. The van der Waals surface area contributed by atoms with Gasteiger partial charge in [-0.2, -0.15) is 0 Å². The zero-order chi connectivity index (χ0) is 18.1. The van der Waals surface area contributed by atoms with E-state index in [4.69, 9.17) is 15.2 Å². The number of nitrogens with two attached hydrogens (primary N) is 1. The van der Waals surface area contributed by atoms with Crippen LogP contribution in [0.5, 0.6) is 11.5 Å². The third-order valence-electron chi connectivity index (χ3n) is 5.01. The predicted molar refractivity (Wildman–Crippen MR) is 101 cm³/mol. The Hall–Kier alpha value is -2.95. The predicted octanol–water partition coefficient (Wildman–Crippen LogP) is 3.25. The van der Waals surface area contributed by atoms with Gasteiger partial charge in [0.25, 0.3) is 5.91 Å². The molecule has 5 nitrogen and oxygen atoms in total. The standard InChI is InChI=1S/C21H22N2O3/c1-25-19-7-3-5-14-10-15(12-26-20(14)19)21(24)23-18-6-2-4-13-11-16(22)8-9-17(13)18/h3,5,7-11,18H,2,4,6,12,22H2,1H3,(H,23,24). The van der Waals surface area contributed by atoms with Crippen LogP contribution >= 0.6 is 0 Å². The Kier molecular flexibility index (Phi) is 4.29. The molecule has 5 heteroatoms.